The Balaban J connectivity index is 1.36. The molecule has 0 aliphatic carbocycles. The van der Waals surface area contributed by atoms with Crippen molar-refractivity contribution in [1.29, 1.82) is 0 Å². The smallest absolute Gasteiger partial charge is 0.228 e. The molecule has 0 bridgehead atoms. The molecule has 6 nitrogen and oxygen atoms in total. The molecule has 0 spiro atoms. The Morgan fingerprint density at radius 1 is 1.18 bits per heavy atom. The molecule has 0 radical (unpaired) electrons. The van der Waals surface area contributed by atoms with Crippen LogP contribution in [-0.4, -0.2) is 48.1 Å². The molecule has 0 aromatic heterocycles. The van der Waals surface area contributed by atoms with Gasteiger partial charge < -0.3 is 19.6 Å². The lowest BCUT2D eigenvalue weighted by atomic mass is 9.93. The van der Waals surface area contributed by atoms with Gasteiger partial charge in [-0.25, -0.2) is 0 Å². The number of rotatable bonds is 8. The maximum atomic E-state index is 12.9. The topological polar surface area (TPSA) is 70.1 Å². The fourth-order valence-corrected chi connectivity index (χ4v) is 4.73. The van der Waals surface area contributed by atoms with Gasteiger partial charge in [-0.05, 0) is 35.2 Å². The molecule has 4 rings (SSSR count). The van der Waals surface area contributed by atoms with Gasteiger partial charge in [-0.2, -0.15) is 0 Å². The number of benzene rings is 2. The van der Waals surface area contributed by atoms with Crippen molar-refractivity contribution in [3.63, 3.8) is 0 Å². The summed E-state index contributed by atoms with van der Waals surface area (Å²) in [5, 5.41) is 9.82. The van der Waals surface area contributed by atoms with Crippen molar-refractivity contribution in [3.05, 3.63) is 77.4 Å². The minimum atomic E-state index is -0.179. The summed E-state index contributed by atoms with van der Waals surface area (Å²) >= 11 is 0. The van der Waals surface area contributed by atoms with Crippen LogP contribution < -0.4 is 4.90 Å². The first kappa shape index (κ1) is 23.2. The minimum Gasteiger partial charge on any atom is -0.394 e. The van der Waals surface area contributed by atoms with Crippen molar-refractivity contribution >= 4 is 17.5 Å². The number of carbonyl (C=O) groups is 2. The second-order valence-electron chi connectivity index (χ2n) is 8.87. The molecule has 2 aromatic carbocycles. The summed E-state index contributed by atoms with van der Waals surface area (Å²) in [7, 11) is 1.68. The molecule has 174 valence electrons. The number of methoxy groups -OCH3 is 1. The summed E-state index contributed by atoms with van der Waals surface area (Å²) in [4.78, 5) is 28.1. The van der Waals surface area contributed by atoms with E-state index < -0.39 is 0 Å². The minimum absolute atomic E-state index is 0.0181. The molecule has 1 N–H and O–H groups in total. The lowest BCUT2D eigenvalue weighted by Crippen LogP contribution is -2.46. The van der Waals surface area contributed by atoms with Gasteiger partial charge in [-0.3, -0.25) is 9.59 Å². The Bertz CT molecular complexity index is 1020. The van der Waals surface area contributed by atoms with Crippen LogP contribution in [0.25, 0.3) is 0 Å². The summed E-state index contributed by atoms with van der Waals surface area (Å²) < 4.78 is 5.75. The van der Waals surface area contributed by atoms with Gasteiger partial charge in [0, 0.05) is 44.6 Å². The van der Waals surface area contributed by atoms with Crippen LogP contribution in [0.4, 0.5) is 5.69 Å². The van der Waals surface area contributed by atoms with E-state index in [1.54, 1.807) is 16.9 Å². The Hall–Kier alpha value is -2.96. The number of amides is 2. The van der Waals surface area contributed by atoms with E-state index in [0.717, 1.165) is 23.4 Å². The molecule has 2 amide bonds. The van der Waals surface area contributed by atoms with Gasteiger partial charge in [0.05, 0.1) is 18.8 Å². The van der Waals surface area contributed by atoms with Gasteiger partial charge in [0.1, 0.15) is 0 Å². The molecule has 0 saturated carbocycles. The highest BCUT2D eigenvalue weighted by Crippen LogP contribution is 2.30. The van der Waals surface area contributed by atoms with Gasteiger partial charge >= 0.3 is 0 Å². The van der Waals surface area contributed by atoms with E-state index >= 15 is 0 Å². The molecular weight excluding hydrogens is 416 g/mol. The number of nitrogens with zero attached hydrogens (tertiary/aromatic N) is 2. The highest BCUT2D eigenvalue weighted by Gasteiger charge is 2.29. The summed E-state index contributed by atoms with van der Waals surface area (Å²) in [6.45, 7) is 3.34. The SMILES string of the molecule is CO[C@H](c1ccc(N2CCC2=O)cc1)[C@H](C)/C=C/CC(=O)N1Cc2ccccc2C[C@H]1CO. The zero-order valence-corrected chi connectivity index (χ0v) is 19.3. The van der Waals surface area contributed by atoms with E-state index in [9.17, 15) is 14.7 Å². The Labute approximate surface area is 195 Å². The average molecular weight is 449 g/mol. The van der Waals surface area contributed by atoms with Crippen LogP contribution >= 0.6 is 0 Å². The predicted molar refractivity (Wildman–Crippen MR) is 128 cm³/mol. The number of hydrogen-bond acceptors (Lipinski definition) is 4. The van der Waals surface area contributed by atoms with Crippen LogP contribution in [0, 0.1) is 5.92 Å². The van der Waals surface area contributed by atoms with Crippen LogP contribution in [0.2, 0.25) is 0 Å². The van der Waals surface area contributed by atoms with E-state index in [0.29, 0.717) is 19.4 Å². The number of anilines is 1. The van der Waals surface area contributed by atoms with Crippen molar-refractivity contribution in [2.75, 3.05) is 25.2 Å². The molecule has 2 heterocycles. The van der Waals surface area contributed by atoms with Crippen LogP contribution in [0.15, 0.2) is 60.7 Å². The summed E-state index contributed by atoms with van der Waals surface area (Å²) in [6.07, 6.45) is 5.36. The highest BCUT2D eigenvalue weighted by molar-refractivity contribution is 5.99. The number of ether oxygens (including phenoxy) is 1. The molecule has 2 aliphatic rings. The Morgan fingerprint density at radius 3 is 2.52 bits per heavy atom. The molecule has 33 heavy (non-hydrogen) atoms. The third kappa shape index (κ3) is 5.02. The lowest BCUT2D eigenvalue weighted by molar-refractivity contribution is -0.134. The number of β-lactam (4-membered cyclic amide) rings is 1. The number of carbonyl (C=O) groups excluding carboxylic acids is 2. The number of aliphatic hydroxyl groups excluding tert-OH is 1. The van der Waals surface area contributed by atoms with E-state index in [4.69, 9.17) is 4.74 Å². The molecular formula is C27H32N2O4. The van der Waals surface area contributed by atoms with Gasteiger partial charge in [-0.1, -0.05) is 55.5 Å². The van der Waals surface area contributed by atoms with Crippen molar-refractivity contribution in [3.8, 4) is 0 Å². The fraction of sp³-hybridized carbons (Fsp3) is 0.407. The standard InChI is InChI=1S/C27H32N2O4/c1-19(27(33-2)20-10-12-23(13-11-20)28-15-14-26(28)32)6-5-9-25(31)29-17-22-8-4-3-7-21(22)16-24(29)18-30/h3-8,10-13,19,24,27,30H,9,14-18H2,1-2H3/b6-5+/t19-,24+,27+/m1/s1. The number of fused-ring (bicyclic) bond motifs is 1. The zero-order chi connectivity index (χ0) is 23.4. The van der Waals surface area contributed by atoms with Crippen LogP contribution in [0.1, 0.15) is 42.6 Å². The molecule has 1 fully saturated rings. The first-order chi connectivity index (χ1) is 16.0. The van der Waals surface area contributed by atoms with Crippen molar-refractivity contribution in [2.45, 2.75) is 44.9 Å². The van der Waals surface area contributed by atoms with Gasteiger partial charge in [0.15, 0.2) is 0 Å². The van der Waals surface area contributed by atoms with E-state index in [2.05, 4.69) is 13.0 Å². The van der Waals surface area contributed by atoms with Crippen LogP contribution in [-0.2, 0) is 27.3 Å². The summed E-state index contributed by atoms with van der Waals surface area (Å²) in [6, 6.07) is 15.8. The third-order valence-electron chi connectivity index (χ3n) is 6.73. The third-order valence-corrected chi connectivity index (χ3v) is 6.73. The lowest BCUT2D eigenvalue weighted by Gasteiger charge is -2.36. The van der Waals surface area contributed by atoms with Crippen LogP contribution in [0.5, 0.6) is 0 Å². The second kappa shape index (κ2) is 10.3. The van der Waals surface area contributed by atoms with E-state index in [1.165, 1.54) is 5.56 Å². The maximum Gasteiger partial charge on any atom is 0.228 e. The largest absolute Gasteiger partial charge is 0.394 e. The number of hydrogen-bond donors (Lipinski definition) is 1. The highest BCUT2D eigenvalue weighted by atomic mass is 16.5. The molecule has 0 unspecified atom stereocenters. The summed E-state index contributed by atoms with van der Waals surface area (Å²) in [5.74, 6) is 0.243. The second-order valence-corrected chi connectivity index (χ2v) is 8.87. The fourth-order valence-electron chi connectivity index (χ4n) is 4.73. The monoisotopic (exact) mass is 448 g/mol. The molecule has 1 saturated heterocycles. The van der Waals surface area contributed by atoms with Gasteiger partial charge in [0.25, 0.3) is 0 Å². The molecule has 3 atom stereocenters. The van der Waals surface area contributed by atoms with Gasteiger partial charge in [0.2, 0.25) is 11.8 Å². The normalized spacial score (nSPS) is 19.8. The van der Waals surface area contributed by atoms with E-state index in [1.807, 2.05) is 54.6 Å². The first-order valence-corrected chi connectivity index (χ1v) is 11.6. The average Bonchev–Trinajstić information content (AvgIpc) is 2.83. The zero-order valence-electron chi connectivity index (χ0n) is 19.3. The van der Waals surface area contributed by atoms with Crippen molar-refractivity contribution in [1.82, 2.24) is 4.90 Å². The van der Waals surface area contributed by atoms with Crippen molar-refractivity contribution in [2.24, 2.45) is 5.92 Å². The van der Waals surface area contributed by atoms with Crippen molar-refractivity contribution < 1.29 is 19.4 Å². The number of aliphatic hydroxyl groups is 1. The molecule has 2 aromatic rings. The predicted octanol–water partition coefficient (Wildman–Crippen LogP) is 3.64. The Morgan fingerprint density at radius 2 is 1.91 bits per heavy atom. The summed E-state index contributed by atoms with van der Waals surface area (Å²) in [5.41, 5.74) is 4.30. The van der Waals surface area contributed by atoms with Crippen LogP contribution in [0.3, 0.4) is 0 Å². The van der Waals surface area contributed by atoms with E-state index in [-0.39, 0.29) is 42.9 Å². The molecule has 6 heteroatoms. The molecule has 2 aliphatic heterocycles. The quantitative estimate of drug-likeness (QED) is 0.495. The Kier molecular flexibility index (Phi) is 7.26. The maximum absolute atomic E-state index is 12.9. The first-order valence-electron chi connectivity index (χ1n) is 11.6. The van der Waals surface area contributed by atoms with Gasteiger partial charge in [-0.15, -0.1) is 0 Å².